The van der Waals surface area contributed by atoms with Gasteiger partial charge in [0.2, 0.25) is 10.0 Å². The number of hydrogen-bond donors (Lipinski definition) is 1. The molecule has 0 saturated carbocycles. The molecule has 0 aliphatic rings. The van der Waals surface area contributed by atoms with Crippen LogP contribution in [0.2, 0.25) is 0 Å². The Balaban J connectivity index is 3.23. The number of hydrogen-bond acceptors (Lipinski definition) is 3. The topological polar surface area (TPSA) is 69.4 Å². The minimum atomic E-state index is -3.57. The Morgan fingerprint density at radius 2 is 2.00 bits per heavy atom. The molecule has 0 spiro atoms. The molecule has 4 nitrogen and oxygen atoms in total. The molecule has 2 N–H and O–H groups in total. The monoisotopic (exact) mass is 371 g/mol. The van der Waals surface area contributed by atoms with Crippen LogP contribution in [-0.4, -0.2) is 15.0 Å². The van der Waals surface area contributed by atoms with Gasteiger partial charge in [0, 0.05) is 10.0 Å². The van der Waals surface area contributed by atoms with Crippen molar-refractivity contribution in [2.75, 3.05) is 6.61 Å². The summed E-state index contributed by atoms with van der Waals surface area (Å²) in [5.74, 6) is 0.264. The minimum absolute atomic E-state index is 0.250. The molecule has 90 valence electrons. The van der Waals surface area contributed by atoms with Gasteiger partial charge < -0.3 is 4.74 Å². The van der Waals surface area contributed by atoms with Crippen molar-refractivity contribution in [1.29, 1.82) is 0 Å². The van der Waals surface area contributed by atoms with E-state index in [0.29, 0.717) is 22.4 Å². The van der Waals surface area contributed by atoms with E-state index >= 15 is 0 Å². The maximum atomic E-state index is 11.1. The third kappa shape index (κ3) is 4.04. The Morgan fingerprint density at radius 1 is 1.38 bits per heavy atom. The molecule has 0 saturated heterocycles. The van der Waals surface area contributed by atoms with E-state index in [0.717, 1.165) is 4.47 Å². The first-order valence-corrected chi connectivity index (χ1v) is 7.75. The predicted octanol–water partition coefficient (Wildman–Crippen LogP) is 2.40. The van der Waals surface area contributed by atoms with Crippen molar-refractivity contribution >= 4 is 41.9 Å². The molecule has 1 aromatic carbocycles. The fourth-order valence-corrected chi connectivity index (χ4v) is 3.32. The van der Waals surface area contributed by atoms with Crippen LogP contribution in [0, 0.1) is 0 Å². The van der Waals surface area contributed by atoms with E-state index in [9.17, 15) is 8.42 Å². The standard InChI is InChI=1S/C9H11Br2NO3S/c1-2-15-9-6(5-16(12,13)14)3-7(10)4-8(9)11/h3-4H,2,5H2,1H3,(H2,12,13,14). The normalized spacial score (nSPS) is 11.5. The Morgan fingerprint density at radius 3 is 2.50 bits per heavy atom. The van der Waals surface area contributed by atoms with Gasteiger partial charge in [0.1, 0.15) is 5.75 Å². The lowest BCUT2D eigenvalue weighted by molar-refractivity contribution is 0.335. The molecular weight excluding hydrogens is 362 g/mol. The first-order chi connectivity index (χ1) is 7.33. The van der Waals surface area contributed by atoms with Crippen molar-refractivity contribution in [3.05, 3.63) is 26.6 Å². The van der Waals surface area contributed by atoms with Crippen LogP contribution in [0.3, 0.4) is 0 Å². The molecular formula is C9H11Br2NO3S. The molecule has 0 fully saturated rings. The number of sulfonamides is 1. The van der Waals surface area contributed by atoms with Gasteiger partial charge in [0.25, 0.3) is 0 Å². The third-order valence-corrected chi connectivity index (χ3v) is 3.49. The molecule has 1 rings (SSSR count). The molecule has 0 aliphatic carbocycles. The van der Waals surface area contributed by atoms with Crippen molar-refractivity contribution in [3.8, 4) is 5.75 Å². The highest BCUT2D eigenvalue weighted by molar-refractivity contribution is 9.11. The fourth-order valence-electron chi connectivity index (χ4n) is 1.24. The third-order valence-electron chi connectivity index (χ3n) is 1.73. The Kier molecular flexibility index (Phi) is 4.78. The van der Waals surface area contributed by atoms with E-state index in [4.69, 9.17) is 9.88 Å². The summed E-state index contributed by atoms with van der Waals surface area (Å²) in [5.41, 5.74) is 0.533. The molecule has 0 heterocycles. The summed E-state index contributed by atoms with van der Waals surface area (Å²) in [6.45, 7) is 2.28. The minimum Gasteiger partial charge on any atom is -0.492 e. The van der Waals surface area contributed by atoms with E-state index in [1.807, 2.05) is 6.92 Å². The molecule has 0 atom stereocenters. The van der Waals surface area contributed by atoms with Crippen molar-refractivity contribution in [2.24, 2.45) is 5.14 Å². The van der Waals surface area contributed by atoms with Gasteiger partial charge >= 0.3 is 0 Å². The molecule has 0 bridgehead atoms. The zero-order valence-electron chi connectivity index (χ0n) is 8.54. The number of rotatable bonds is 4. The number of nitrogens with two attached hydrogens (primary N) is 1. The zero-order valence-corrected chi connectivity index (χ0v) is 12.5. The summed E-state index contributed by atoms with van der Waals surface area (Å²) < 4.78 is 29.0. The van der Waals surface area contributed by atoms with Crippen LogP contribution in [0.5, 0.6) is 5.75 Å². The lowest BCUT2D eigenvalue weighted by Crippen LogP contribution is -2.15. The maximum Gasteiger partial charge on any atom is 0.213 e. The van der Waals surface area contributed by atoms with Crippen LogP contribution in [0.1, 0.15) is 12.5 Å². The van der Waals surface area contributed by atoms with E-state index in [1.54, 1.807) is 12.1 Å². The maximum absolute atomic E-state index is 11.1. The average molecular weight is 373 g/mol. The molecule has 16 heavy (non-hydrogen) atoms. The molecule has 0 radical (unpaired) electrons. The number of ether oxygens (including phenoxy) is 1. The summed E-state index contributed by atoms with van der Waals surface area (Å²) in [5, 5.41) is 5.02. The van der Waals surface area contributed by atoms with Crippen molar-refractivity contribution in [3.63, 3.8) is 0 Å². The number of halogens is 2. The summed E-state index contributed by atoms with van der Waals surface area (Å²) in [4.78, 5) is 0. The van der Waals surface area contributed by atoms with E-state index in [2.05, 4.69) is 31.9 Å². The molecule has 0 amide bonds. The van der Waals surface area contributed by atoms with E-state index < -0.39 is 10.0 Å². The number of primary sulfonamides is 1. The van der Waals surface area contributed by atoms with E-state index in [-0.39, 0.29) is 5.75 Å². The van der Waals surface area contributed by atoms with Crippen LogP contribution in [-0.2, 0) is 15.8 Å². The first kappa shape index (κ1) is 14.0. The van der Waals surface area contributed by atoms with Crippen molar-refractivity contribution in [2.45, 2.75) is 12.7 Å². The van der Waals surface area contributed by atoms with Crippen LogP contribution in [0.25, 0.3) is 0 Å². The van der Waals surface area contributed by atoms with Crippen molar-refractivity contribution in [1.82, 2.24) is 0 Å². The molecule has 0 aliphatic heterocycles. The fraction of sp³-hybridized carbons (Fsp3) is 0.333. The second-order valence-electron chi connectivity index (χ2n) is 3.12. The number of benzene rings is 1. The Bertz CT molecular complexity index is 488. The second-order valence-corrected chi connectivity index (χ2v) is 6.50. The zero-order chi connectivity index (χ0) is 12.3. The highest BCUT2D eigenvalue weighted by atomic mass is 79.9. The van der Waals surface area contributed by atoms with Gasteiger partial charge in [0.05, 0.1) is 16.8 Å². The molecule has 0 unspecified atom stereocenters. The summed E-state index contributed by atoms with van der Waals surface area (Å²) in [6.07, 6.45) is 0. The SMILES string of the molecule is CCOc1c(Br)cc(Br)cc1CS(N)(=O)=O. The Hall–Kier alpha value is -0.110. The van der Waals surface area contributed by atoms with Crippen LogP contribution in [0.15, 0.2) is 21.1 Å². The average Bonchev–Trinajstić information content (AvgIpc) is 2.08. The predicted molar refractivity (Wildman–Crippen MR) is 69.8 cm³/mol. The van der Waals surface area contributed by atoms with Crippen molar-refractivity contribution < 1.29 is 13.2 Å². The lowest BCUT2D eigenvalue weighted by Gasteiger charge is -2.12. The quantitative estimate of drug-likeness (QED) is 0.882. The lowest BCUT2D eigenvalue weighted by atomic mass is 10.2. The van der Waals surface area contributed by atoms with Gasteiger partial charge in [-0.2, -0.15) is 0 Å². The molecule has 1 aromatic rings. The molecule has 0 aromatic heterocycles. The van der Waals surface area contributed by atoms with Gasteiger partial charge in [-0.25, -0.2) is 13.6 Å². The van der Waals surface area contributed by atoms with Crippen LogP contribution < -0.4 is 9.88 Å². The van der Waals surface area contributed by atoms with Gasteiger partial charge in [-0.15, -0.1) is 0 Å². The second kappa shape index (κ2) is 5.48. The highest BCUT2D eigenvalue weighted by Gasteiger charge is 2.14. The summed E-state index contributed by atoms with van der Waals surface area (Å²) in [6, 6.07) is 3.47. The van der Waals surface area contributed by atoms with Crippen LogP contribution >= 0.6 is 31.9 Å². The van der Waals surface area contributed by atoms with Crippen LogP contribution in [0.4, 0.5) is 0 Å². The largest absolute Gasteiger partial charge is 0.492 e. The smallest absolute Gasteiger partial charge is 0.213 e. The van der Waals surface area contributed by atoms with Gasteiger partial charge in [0.15, 0.2) is 0 Å². The van der Waals surface area contributed by atoms with Gasteiger partial charge in [-0.3, -0.25) is 0 Å². The van der Waals surface area contributed by atoms with Gasteiger partial charge in [-0.05, 0) is 35.0 Å². The Labute approximate surface area is 111 Å². The first-order valence-electron chi connectivity index (χ1n) is 4.44. The molecule has 7 heteroatoms. The summed E-state index contributed by atoms with van der Waals surface area (Å²) in [7, 11) is -3.57. The summed E-state index contributed by atoms with van der Waals surface area (Å²) >= 11 is 6.60. The van der Waals surface area contributed by atoms with Gasteiger partial charge in [-0.1, -0.05) is 15.9 Å². The van der Waals surface area contributed by atoms with E-state index in [1.165, 1.54) is 0 Å². The highest BCUT2D eigenvalue weighted by Crippen LogP contribution is 2.33.